The van der Waals surface area contributed by atoms with Gasteiger partial charge < -0.3 is 15.0 Å². The second-order valence-electron chi connectivity index (χ2n) is 6.38. The van der Waals surface area contributed by atoms with E-state index in [1.54, 1.807) is 13.2 Å². The van der Waals surface area contributed by atoms with Gasteiger partial charge in [0.05, 0.1) is 14.2 Å². The Morgan fingerprint density at radius 1 is 1.24 bits per heavy atom. The highest BCUT2D eigenvalue weighted by atomic mass is 35.5. The molecular formula is C20H26ClN2O2+. The van der Waals surface area contributed by atoms with Crippen LogP contribution in [-0.2, 0) is 11.3 Å². The van der Waals surface area contributed by atoms with Gasteiger partial charge in [0.15, 0.2) is 6.54 Å². The zero-order valence-corrected chi connectivity index (χ0v) is 15.8. The van der Waals surface area contributed by atoms with Crippen LogP contribution in [0.25, 0.3) is 0 Å². The Morgan fingerprint density at radius 2 is 1.96 bits per heavy atom. The molecule has 0 heterocycles. The average Bonchev–Trinajstić information content (AvgIpc) is 2.60. The summed E-state index contributed by atoms with van der Waals surface area (Å²) in [6.45, 7) is 3.82. The molecule has 2 aromatic rings. The smallest absolute Gasteiger partial charge is 0.275 e. The molecule has 0 radical (unpaired) electrons. The van der Waals surface area contributed by atoms with E-state index in [0.717, 1.165) is 16.2 Å². The van der Waals surface area contributed by atoms with E-state index in [4.69, 9.17) is 16.3 Å². The Morgan fingerprint density at radius 3 is 2.64 bits per heavy atom. The van der Waals surface area contributed by atoms with Crippen LogP contribution in [0, 0.1) is 0 Å². The van der Waals surface area contributed by atoms with Gasteiger partial charge in [-0.15, -0.1) is 0 Å². The number of nitrogens with one attached hydrogen (secondary N) is 2. The number of benzene rings is 2. The van der Waals surface area contributed by atoms with Crippen molar-refractivity contribution in [2.75, 3.05) is 27.2 Å². The van der Waals surface area contributed by atoms with Crippen LogP contribution in [0.4, 0.5) is 0 Å². The molecule has 2 atom stereocenters. The molecular weight excluding hydrogens is 336 g/mol. The molecule has 2 aromatic carbocycles. The van der Waals surface area contributed by atoms with Crippen molar-refractivity contribution in [2.45, 2.75) is 19.4 Å². The summed E-state index contributed by atoms with van der Waals surface area (Å²) >= 11 is 6.06. The van der Waals surface area contributed by atoms with Gasteiger partial charge in [0, 0.05) is 17.1 Å². The predicted molar refractivity (Wildman–Crippen MR) is 101 cm³/mol. The van der Waals surface area contributed by atoms with E-state index in [2.05, 4.69) is 24.4 Å². The number of halogens is 1. The summed E-state index contributed by atoms with van der Waals surface area (Å²) in [7, 11) is 3.63. The van der Waals surface area contributed by atoms with Crippen LogP contribution < -0.4 is 15.0 Å². The largest absolute Gasteiger partial charge is 0.496 e. The topological polar surface area (TPSA) is 42.8 Å². The van der Waals surface area contributed by atoms with E-state index < -0.39 is 0 Å². The molecule has 0 saturated carbocycles. The van der Waals surface area contributed by atoms with Crippen molar-refractivity contribution in [3.05, 3.63) is 64.7 Å². The third-order valence-electron chi connectivity index (χ3n) is 4.17. The molecule has 0 bridgehead atoms. The maximum absolute atomic E-state index is 12.2. The van der Waals surface area contributed by atoms with E-state index >= 15 is 0 Å². The van der Waals surface area contributed by atoms with Crippen molar-refractivity contribution in [1.29, 1.82) is 0 Å². The Kier molecular flexibility index (Phi) is 7.29. The molecule has 5 heteroatoms. The lowest BCUT2D eigenvalue weighted by Crippen LogP contribution is -3.08. The number of amides is 1. The maximum Gasteiger partial charge on any atom is 0.275 e. The molecule has 0 fully saturated rings. The van der Waals surface area contributed by atoms with Crippen LogP contribution in [0.5, 0.6) is 5.75 Å². The Labute approximate surface area is 154 Å². The lowest BCUT2D eigenvalue weighted by Gasteiger charge is -2.17. The van der Waals surface area contributed by atoms with E-state index in [0.29, 0.717) is 30.6 Å². The van der Waals surface area contributed by atoms with E-state index in [-0.39, 0.29) is 5.91 Å². The van der Waals surface area contributed by atoms with Crippen LogP contribution >= 0.6 is 11.6 Å². The summed E-state index contributed by atoms with van der Waals surface area (Å²) in [5.41, 5.74) is 2.23. The van der Waals surface area contributed by atoms with Gasteiger partial charge in [0.1, 0.15) is 12.3 Å². The van der Waals surface area contributed by atoms with Crippen LogP contribution in [0.15, 0.2) is 48.5 Å². The SMILES string of the molecule is COc1ccc(Cl)cc1C[NH+](C)CC(=O)NC[C@@H](C)c1ccccc1. The molecule has 0 saturated heterocycles. The first-order valence-electron chi connectivity index (χ1n) is 8.45. The third kappa shape index (κ3) is 6.07. The fourth-order valence-electron chi connectivity index (χ4n) is 2.78. The van der Waals surface area contributed by atoms with Crippen LogP contribution in [0.3, 0.4) is 0 Å². The number of methoxy groups -OCH3 is 1. The molecule has 0 spiro atoms. The van der Waals surface area contributed by atoms with Gasteiger partial charge in [0.25, 0.3) is 5.91 Å². The number of rotatable bonds is 8. The number of carbonyl (C=O) groups excluding carboxylic acids is 1. The lowest BCUT2D eigenvalue weighted by atomic mass is 10.0. The van der Waals surface area contributed by atoms with Gasteiger partial charge in [-0.3, -0.25) is 4.79 Å². The minimum atomic E-state index is 0.0428. The van der Waals surface area contributed by atoms with Crippen molar-refractivity contribution in [2.24, 2.45) is 0 Å². The summed E-state index contributed by atoms with van der Waals surface area (Å²) < 4.78 is 5.36. The number of hydrogen-bond donors (Lipinski definition) is 2. The lowest BCUT2D eigenvalue weighted by molar-refractivity contribution is -0.885. The molecule has 1 amide bonds. The van der Waals surface area contributed by atoms with Crippen molar-refractivity contribution < 1.29 is 14.4 Å². The van der Waals surface area contributed by atoms with Gasteiger partial charge in [-0.2, -0.15) is 0 Å². The molecule has 4 nitrogen and oxygen atoms in total. The highest BCUT2D eigenvalue weighted by Crippen LogP contribution is 2.21. The molecule has 2 rings (SSSR count). The summed E-state index contributed by atoms with van der Waals surface area (Å²) in [6.07, 6.45) is 0. The molecule has 0 aliphatic heterocycles. The molecule has 134 valence electrons. The van der Waals surface area contributed by atoms with Gasteiger partial charge in [-0.25, -0.2) is 0 Å². The monoisotopic (exact) mass is 361 g/mol. The molecule has 0 aromatic heterocycles. The molecule has 2 N–H and O–H groups in total. The van der Waals surface area contributed by atoms with E-state index in [1.807, 2.05) is 37.4 Å². The number of likely N-dealkylation sites (N-methyl/N-ethyl adjacent to an activating group) is 1. The number of quaternary nitrogens is 1. The average molecular weight is 362 g/mol. The van der Waals surface area contributed by atoms with Gasteiger partial charge in [0.2, 0.25) is 0 Å². The fourth-order valence-corrected chi connectivity index (χ4v) is 2.97. The Balaban J connectivity index is 1.83. The number of ether oxygens (including phenoxy) is 1. The third-order valence-corrected chi connectivity index (χ3v) is 4.41. The zero-order chi connectivity index (χ0) is 18.2. The Hall–Kier alpha value is -2.04. The molecule has 25 heavy (non-hydrogen) atoms. The van der Waals surface area contributed by atoms with Crippen LogP contribution in [-0.4, -0.2) is 33.2 Å². The van der Waals surface area contributed by atoms with Crippen molar-refractivity contribution in [3.8, 4) is 5.75 Å². The summed E-state index contributed by atoms with van der Waals surface area (Å²) in [4.78, 5) is 13.3. The van der Waals surface area contributed by atoms with Crippen LogP contribution in [0.2, 0.25) is 5.02 Å². The standard InChI is InChI=1S/C20H25ClN2O2/c1-15(16-7-5-4-6-8-16)12-22-20(24)14-23(2)13-17-11-18(21)9-10-19(17)25-3/h4-11,15H,12-14H2,1-3H3,(H,22,24)/p+1/t15-/m1/s1. The maximum atomic E-state index is 12.2. The van der Waals surface area contributed by atoms with Crippen molar-refractivity contribution >= 4 is 17.5 Å². The van der Waals surface area contributed by atoms with Crippen molar-refractivity contribution in [1.82, 2.24) is 5.32 Å². The summed E-state index contributed by atoms with van der Waals surface area (Å²) in [5, 5.41) is 3.69. The first-order valence-corrected chi connectivity index (χ1v) is 8.82. The zero-order valence-electron chi connectivity index (χ0n) is 15.0. The molecule has 0 aliphatic carbocycles. The first kappa shape index (κ1) is 19.3. The normalized spacial score (nSPS) is 13.1. The molecule has 0 aliphatic rings. The Bertz CT molecular complexity index is 691. The van der Waals surface area contributed by atoms with Gasteiger partial charge in [-0.05, 0) is 29.7 Å². The number of hydrogen-bond acceptors (Lipinski definition) is 2. The van der Waals surface area contributed by atoms with Crippen LogP contribution in [0.1, 0.15) is 24.0 Å². The van der Waals surface area contributed by atoms with E-state index in [9.17, 15) is 4.79 Å². The highest BCUT2D eigenvalue weighted by molar-refractivity contribution is 6.30. The summed E-state index contributed by atoms with van der Waals surface area (Å²) in [5.74, 6) is 1.13. The predicted octanol–water partition coefficient (Wildman–Crippen LogP) is 2.28. The fraction of sp³-hybridized carbons (Fsp3) is 0.350. The number of carbonyl (C=O) groups is 1. The second kappa shape index (κ2) is 9.44. The second-order valence-corrected chi connectivity index (χ2v) is 6.82. The van der Waals surface area contributed by atoms with Gasteiger partial charge >= 0.3 is 0 Å². The van der Waals surface area contributed by atoms with E-state index in [1.165, 1.54) is 5.56 Å². The van der Waals surface area contributed by atoms with Crippen molar-refractivity contribution in [3.63, 3.8) is 0 Å². The summed E-state index contributed by atoms with van der Waals surface area (Å²) in [6, 6.07) is 15.7. The van der Waals surface area contributed by atoms with Gasteiger partial charge in [-0.1, -0.05) is 48.9 Å². The highest BCUT2D eigenvalue weighted by Gasteiger charge is 2.15. The quantitative estimate of drug-likeness (QED) is 0.757. The minimum absolute atomic E-state index is 0.0428. The minimum Gasteiger partial charge on any atom is -0.496 e. The first-order chi connectivity index (χ1) is 12.0. The molecule has 1 unspecified atom stereocenters.